The summed E-state index contributed by atoms with van der Waals surface area (Å²) in [4.78, 5) is 16.7. The lowest BCUT2D eigenvalue weighted by atomic mass is 9.96. The molecule has 0 aliphatic heterocycles. The second kappa shape index (κ2) is 8.79. The first-order valence-corrected chi connectivity index (χ1v) is 8.39. The van der Waals surface area contributed by atoms with Gasteiger partial charge in [-0.05, 0) is 32.5 Å². The number of nitrogens with one attached hydrogen (secondary N) is 1. The Balaban J connectivity index is 1.94. The highest BCUT2D eigenvalue weighted by Gasteiger charge is 2.20. The van der Waals surface area contributed by atoms with Crippen LogP contribution in [0.3, 0.4) is 0 Å². The van der Waals surface area contributed by atoms with Gasteiger partial charge in [-0.1, -0.05) is 49.6 Å². The first kappa shape index (κ1) is 16.8. The van der Waals surface area contributed by atoms with Crippen LogP contribution in [0.2, 0.25) is 0 Å². The quantitative estimate of drug-likeness (QED) is 0.876. The zero-order valence-electron chi connectivity index (χ0n) is 13.9. The van der Waals surface area contributed by atoms with E-state index in [1.807, 2.05) is 37.2 Å². The Morgan fingerprint density at radius 3 is 2.41 bits per heavy atom. The van der Waals surface area contributed by atoms with E-state index in [0.717, 1.165) is 25.9 Å². The van der Waals surface area contributed by atoms with Crippen LogP contribution in [0.1, 0.15) is 37.7 Å². The van der Waals surface area contributed by atoms with E-state index in [0.29, 0.717) is 12.6 Å². The minimum absolute atomic E-state index is 0.0811. The molecule has 1 N–H and O–H groups in total. The van der Waals surface area contributed by atoms with Gasteiger partial charge in [0.15, 0.2) is 0 Å². The van der Waals surface area contributed by atoms with Gasteiger partial charge in [0.1, 0.15) is 0 Å². The van der Waals surface area contributed by atoms with Gasteiger partial charge in [-0.2, -0.15) is 0 Å². The van der Waals surface area contributed by atoms with Crippen molar-refractivity contribution in [3.63, 3.8) is 0 Å². The lowest BCUT2D eigenvalue weighted by Gasteiger charge is -2.29. The van der Waals surface area contributed by atoms with Gasteiger partial charge in [0, 0.05) is 25.7 Å². The fourth-order valence-electron chi connectivity index (χ4n) is 2.89. The molecule has 0 unspecified atom stereocenters. The number of likely N-dealkylation sites (N-methyl/N-ethyl adjacent to an activating group) is 1. The maximum Gasteiger partial charge on any atom is 0.317 e. The molecule has 1 aromatic carbocycles. The molecule has 1 saturated carbocycles. The van der Waals surface area contributed by atoms with Crippen LogP contribution >= 0.6 is 0 Å². The van der Waals surface area contributed by atoms with Gasteiger partial charge in [-0.25, -0.2) is 4.79 Å². The van der Waals surface area contributed by atoms with Crippen molar-refractivity contribution in [1.29, 1.82) is 0 Å². The Morgan fingerprint density at radius 1 is 1.09 bits per heavy atom. The Kier molecular flexibility index (Phi) is 6.72. The third-order valence-electron chi connectivity index (χ3n) is 4.25. The molecule has 2 rings (SSSR count). The minimum atomic E-state index is 0.0811. The van der Waals surface area contributed by atoms with Gasteiger partial charge >= 0.3 is 6.03 Å². The number of benzene rings is 1. The van der Waals surface area contributed by atoms with Gasteiger partial charge in [-0.15, -0.1) is 0 Å². The van der Waals surface area contributed by atoms with Crippen LogP contribution in [0, 0.1) is 0 Å². The Morgan fingerprint density at radius 2 is 1.77 bits per heavy atom. The maximum atomic E-state index is 12.6. The second-order valence-corrected chi connectivity index (χ2v) is 6.49. The lowest BCUT2D eigenvalue weighted by Crippen LogP contribution is -2.47. The number of urea groups is 1. The summed E-state index contributed by atoms with van der Waals surface area (Å²) in [6.07, 6.45) is 6.03. The molecule has 2 amide bonds. The van der Waals surface area contributed by atoms with Gasteiger partial charge in [0.25, 0.3) is 0 Å². The highest BCUT2D eigenvalue weighted by molar-refractivity contribution is 5.74. The van der Waals surface area contributed by atoms with Crippen LogP contribution in [0.5, 0.6) is 0 Å². The molecule has 0 aromatic heterocycles. The standard InChI is InChI=1S/C18H29N3O/c1-20(2)13-14-21(15-16-9-5-3-6-10-16)18(22)19-17-11-7-4-8-12-17/h3,5-6,9-10,17H,4,7-8,11-15H2,1-2H3,(H,19,22). The van der Waals surface area contributed by atoms with Crippen molar-refractivity contribution >= 4 is 6.03 Å². The van der Waals surface area contributed by atoms with Crippen LogP contribution in [-0.4, -0.2) is 49.1 Å². The molecule has 1 aromatic rings. The molecule has 0 saturated heterocycles. The molecule has 4 nitrogen and oxygen atoms in total. The molecule has 0 atom stereocenters. The first-order chi connectivity index (χ1) is 10.6. The number of hydrogen-bond donors (Lipinski definition) is 1. The highest BCUT2D eigenvalue weighted by atomic mass is 16.2. The number of amides is 2. The summed E-state index contributed by atoms with van der Waals surface area (Å²) in [5, 5.41) is 3.23. The Hall–Kier alpha value is -1.55. The normalized spacial score (nSPS) is 15.8. The van der Waals surface area contributed by atoms with Crippen LogP contribution < -0.4 is 5.32 Å². The summed E-state index contributed by atoms with van der Waals surface area (Å²) in [5.41, 5.74) is 1.18. The third-order valence-corrected chi connectivity index (χ3v) is 4.25. The van der Waals surface area contributed by atoms with Crippen LogP contribution in [0.4, 0.5) is 4.79 Å². The summed E-state index contributed by atoms with van der Waals surface area (Å²) in [6, 6.07) is 10.7. The van der Waals surface area contributed by atoms with Crippen LogP contribution in [-0.2, 0) is 6.54 Å². The zero-order chi connectivity index (χ0) is 15.8. The minimum Gasteiger partial charge on any atom is -0.335 e. The van der Waals surface area contributed by atoms with E-state index in [2.05, 4.69) is 22.3 Å². The molecule has 0 radical (unpaired) electrons. The maximum absolute atomic E-state index is 12.6. The molecule has 4 heteroatoms. The smallest absolute Gasteiger partial charge is 0.317 e. The Bertz CT molecular complexity index is 441. The molecule has 0 spiro atoms. The summed E-state index contributed by atoms with van der Waals surface area (Å²) in [6.45, 7) is 2.30. The average molecular weight is 303 g/mol. The highest BCUT2D eigenvalue weighted by Crippen LogP contribution is 2.17. The lowest BCUT2D eigenvalue weighted by molar-refractivity contribution is 0.181. The third kappa shape index (κ3) is 5.68. The van der Waals surface area contributed by atoms with Crippen molar-refractivity contribution in [2.75, 3.05) is 27.2 Å². The fourth-order valence-corrected chi connectivity index (χ4v) is 2.89. The number of carbonyl (C=O) groups excluding carboxylic acids is 1. The molecule has 122 valence electrons. The molecular formula is C18H29N3O. The summed E-state index contributed by atoms with van der Waals surface area (Å²) in [5.74, 6) is 0. The predicted molar refractivity (Wildman–Crippen MR) is 90.8 cm³/mol. The SMILES string of the molecule is CN(C)CCN(Cc1ccccc1)C(=O)NC1CCCCC1. The van der Waals surface area contributed by atoms with E-state index in [4.69, 9.17) is 0 Å². The van der Waals surface area contributed by atoms with Crippen molar-refractivity contribution in [2.24, 2.45) is 0 Å². The average Bonchev–Trinajstić information content (AvgIpc) is 2.53. The number of nitrogens with zero attached hydrogens (tertiary/aromatic N) is 2. The second-order valence-electron chi connectivity index (χ2n) is 6.49. The van der Waals surface area contributed by atoms with Crippen LogP contribution in [0.15, 0.2) is 30.3 Å². The zero-order valence-corrected chi connectivity index (χ0v) is 13.9. The van der Waals surface area contributed by atoms with Crippen molar-refractivity contribution in [3.05, 3.63) is 35.9 Å². The van der Waals surface area contributed by atoms with Gasteiger partial charge < -0.3 is 15.1 Å². The number of rotatable bonds is 6. The van der Waals surface area contributed by atoms with E-state index >= 15 is 0 Å². The van der Waals surface area contributed by atoms with E-state index in [-0.39, 0.29) is 6.03 Å². The molecule has 1 aliphatic rings. The van der Waals surface area contributed by atoms with Crippen LogP contribution in [0.25, 0.3) is 0 Å². The van der Waals surface area contributed by atoms with E-state index in [1.165, 1.54) is 24.8 Å². The summed E-state index contributed by atoms with van der Waals surface area (Å²) in [7, 11) is 4.08. The number of hydrogen-bond acceptors (Lipinski definition) is 2. The molecule has 1 fully saturated rings. The van der Waals surface area contributed by atoms with Gasteiger partial charge in [0.2, 0.25) is 0 Å². The van der Waals surface area contributed by atoms with Crippen molar-refractivity contribution < 1.29 is 4.79 Å². The van der Waals surface area contributed by atoms with Gasteiger partial charge in [-0.3, -0.25) is 0 Å². The van der Waals surface area contributed by atoms with E-state index in [9.17, 15) is 4.79 Å². The fraction of sp³-hybridized carbons (Fsp3) is 0.611. The first-order valence-electron chi connectivity index (χ1n) is 8.39. The van der Waals surface area contributed by atoms with E-state index in [1.54, 1.807) is 0 Å². The summed E-state index contributed by atoms with van der Waals surface area (Å²) >= 11 is 0. The molecule has 1 aliphatic carbocycles. The monoisotopic (exact) mass is 303 g/mol. The topological polar surface area (TPSA) is 35.6 Å². The molecule has 22 heavy (non-hydrogen) atoms. The predicted octanol–water partition coefficient (Wildman–Crippen LogP) is 3.09. The van der Waals surface area contributed by atoms with Gasteiger partial charge in [0.05, 0.1) is 0 Å². The molecule has 0 heterocycles. The molecule has 0 bridgehead atoms. The Labute approximate surface area is 134 Å². The van der Waals surface area contributed by atoms with Crippen molar-refractivity contribution in [2.45, 2.75) is 44.7 Å². The largest absolute Gasteiger partial charge is 0.335 e. The van der Waals surface area contributed by atoms with Crippen molar-refractivity contribution in [3.8, 4) is 0 Å². The summed E-state index contributed by atoms with van der Waals surface area (Å²) < 4.78 is 0. The van der Waals surface area contributed by atoms with Crippen molar-refractivity contribution in [1.82, 2.24) is 15.1 Å². The molecular weight excluding hydrogens is 274 g/mol. The van der Waals surface area contributed by atoms with E-state index < -0.39 is 0 Å². The number of carbonyl (C=O) groups is 1.